The predicted molar refractivity (Wildman–Crippen MR) is 80.8 cm³/mol. The number of oxazole rings is 1. The molecule has 7 heteroatoms. The molecule has 6 nitrogen and oxygen atoms in total. The van der Waals surface area contributed by atoms with E-state index in [0.717, 1.165) is 12.5 Å². The van der Waals surface area contributed by atoms with E-state index in [1.54, 1.807) is 27.7 Å². The molecule has 0 atom stereocenters. The molecule has 1 aromatic heterocycles. The maximum atomic E-state index is 14.1. The molecule has 0 radical (unpaired) electrons. The number of carbonyl (C=O) groups is 2. The molecule has 1 aromatic carbocycles. The molecule has 0 fully saturated rings. The second-order valence-corrected chi connectivity index (χ2v) is 5.91. The van der Waals surface area contributed by atoms with Gasteiger partial charge in [-0.05, 0) is 45.9 Å². The standard InChI is InChI=1S/C16H17FN2O4/c1-9-13(18-8-22-9)14(20)19-12-6-5-10(7-11(12)17)15(21)23-16(2,3)4/h5-8H,1-4H3,(H,19,20). The van der Waals surface area contributed by atoms with Crippen molar-refractivity contribution in [2.75, 3.05) is 5.32 Å². The van der Waals surface area contributed by atoms with E-state index in [0.29, 0.717) is 5.76 Å². The molecular formula is C16H17FN2O4. The number of carbonyl (C=O) groups excluding carboxylic acids is 2. The molecule has 1 N–H and O–H groups in total. The average Bonchev–Trinajstić information content (AvgIpc) is 2.85. The number of aryl methyl sites for hydroxylation is 1. The number of nitrogens with zero attached hydrogens (tertiary/aromatic N) is 1. The lowest BCUT2D eigenvalue weighted by Gasteiger charge is -2.19. The molecule has 0 saturated heterocycles. The van der Waals surface area contributed by atoms with Gasteiger partial charge in [0.2, 0.25) is 0 Å². The van der Waals surface area contributed by atoms with E-state index in [-0.39, 0.29) is 16.9 Å². The van der Waals surface area contributed by atoms with Gasteiger partial charge in [0.1, 0.15) is 17.2 Å². The van der Waals surface area contributed by atoms with Crippen molar-refractivity contribution in [1.29, 1.82) is 0 Å². The second kappa shape index (κ2) is 6.20. The number of halogens is 1. The zero-order valence-corrected chi connectivity index (χ0v) is 13.3. The van der Waals surface area contributed by atoms with Gasteiger partial charge in [-0.25, -0.2) is 14.2 Å². The van der Waals surface area contributed by atoms with Crippen molar-refractivity contribution >= 4 is 17.6 Å². The molecular weight excluding hydrogens is 303 g/mol. The molecule has 0 spiro atoms. The van der Waals surface area contributed by atoms with Crippen LogP contribution in [0.1, 0.15) is 47.4 Å². The number of hydrogen-bond acceptors (Lipinski definition) is 5. The minimum atomic E-state index is -0.747. The normalized spacial score (nSPS) is 11.2. The number of rotatable bonds is 3. The number of hydrogen-bond donors (Lipinski definition) is 1. The summed E-state index contributed by atoms with van der Waals surface area (Å²) in [7, 11) is 0. The third-order valence-electron chi connectivity index (χ3n) is 2.81. The summed E-state index contributed by atoms with van der Waals surface area (Å²) >= 11 is 0. The number of nitrogens with one attached hydrogen (secondary N) is 1. The Balaban J connectivity index is 2.15. The highest BCUT2D eigenvalue weighted by atomic mass is 19.1. The Labute approximate surface area is 132 Å². The average molecular weight is 320 g/mol. The van der Waals surface area contributed by atoms with Crippen LogP contribution >= 0.6 is 0 Å². The van der Waals surface area contributed by atoms with Crippen LogP contribution in [0, 0.1) is 12.7 Å². The molecule has 1 amide bonds. The Morgan fingerprint density at radius 3 is 2.52 bits per heavy atom. The SMILES string of the molecule is Cc1ocnc1C(=O)Nc1ccc(C(=O)OC(C)(C)C)cc1F. The maximum absolute atomic E-state index is 14.1. The summed E-state index contributed by atoms with van der Waals surface area (Å²) in [6, 6.07) is 3.68. The first kappa shape index (κ1) is 16.7. The Morgan fingerprint density at radius 1 is 1.30 bits per heavy atom. The highest BCUT2D eigenvalue weighted by molar-refractivity contribution is 6.03. The molecule has 0 unspecified atom stereocenters. The van der Waals surface area contributed by atoms with Crippen LogP contribution in [0.25, 0.3) is 0 Å². The number of anilines is 1. The number of aromatic nitrogens is 1. The largest absolute Gasteiger partial charge is 0.456 e. The van der Waals surface area contributed by atoms with Crippen LogP contribution in [0.5, 0.6) is 0 Å². The highest BCUT2D eigenvalue weighted by Crippen LogP contribution is 2.19. The van der Waals surface area contributed by atoms with E-state index in [2.05, 4.69) is 10.3 Å². The molecule has 0 bridgehead atoms. The maximum Gasteiger partial charge on any atom is 0.338 e. The van der Waals surface area contributed by atoms with Gasteiger partial charge in [0.25, 0.3) is 5.91 Å². The molecule has 0 saturated carbocycles. The fourth-order valence-corrected chi connectivity index (χ4v) is 1.79. The molecule has 122 valence electrons. The van der Waals surface area contributed by atoms with Crippen molar-refractivity contribution in [3.63, 3.8) is 0 Å². The summed E-state index contributed by atoms with van der Waals surface area (Å²) < 4.78 is 24.2. The van der Waals surface area contributed by atoms with E-state index in [9.17, 15) is 14.0 Å². The predicted octanol–water partition coefficient (Wildman–Crippen LogP) is 3.33. The van der Waals surface area contributed by atoms with E-state index >= 15 is 0 Å². The summed E-state index contributed by atoms with van der Waals surface area (Å²) in [5.41, 5.74) is -0.608. The molecule has 0 aliphatic rings. The van der Waals surface area contributed by atoms with E-state index < -0.39 is 23.3 Å². The summed E-state index contributed by atoms with van der Waals surface area (Å²) in [4.78, 5) is 27.6. The smallest absolute Gasteiger partial charge is 0.338 e. The summed E-state index contributed by atoms with van der Waals surface area (Å²) in [6.07, 6.45) is 1.13. The van der Waals surface area contributed by atoms with Crippen molar-refractivity contribution in [3.05, 3.63) is 47.4 Å². The van der Waals surface area contributed by atoms with Crippen molar-refractivity contribution in [2.45, 2.75) is 33.3 Å². The fraction of sp³-hybridized carbons (Fsp3) is 0.312. The minimum absolute atomic E-state index is 0.0630. The highest BCUT2D eigenvalue weighted by Gasteiger charge is 2.20. The lowest BCUT2D eigenvalue weighted by Crippen LogP contribution is -2.24. The summed E-state index contributed by atoms with van der Waals surface area (Å²) in [5, 5.41) is 2.38. The van der Waals surface area contributed by atoms with Crippen molar-refractivity contribution in [2.24, 2.45) is 0 Å². The first-order valence-electron chi connectivity index (χ1n) is 6.92. The van der Waals surface area contributed by atoms with Gasteiger partial charge in [-0.1, -0.05) is 0 Å². The topological polar surface area (TPSA) is 81.4 Å². The van der Waals surface area contributed by atoms with Crippen molar-refractivity contribution in [3.8, 4) is 0 Å². The van der Waals surface area contributed by atoms with Crippen molar-refractivity contribution in [1.82, 2.24) is 4.98 Å². The van der Waals surface area contributed by atoms with Crippen LogP contribution in [-0.4, -0.2) is 22.5 Å². The van der Waals surface area contributed by atoms with Gasteiger partial charge in [0.15, 0.2) is 12.1 Å². The van der Waals surface area contributed by atoms with Crippen LogP contribution in [-0.2, 0) is 4.74 Å². The molecule has 1 heterocycles. The zero-order valence-electron chi connectivity index (χ0n) is 13.3. The van der Waals surface area contributed by atoms with Crippen LogP contribution in [0.15, 0.2) is 29.0 Å². The monoisotopic (exact) mass is 320 g/mol. The van der Waals surface area contributed by atoms with Gasteiger partial charge in [0, 0.05) is 0 Å². The van der Waals surface area contributed by atoms with E-state index in [1.165, 1.54) is 12.1 Å². The molecule has 0 aliphatic heterocycles. The first-order chi connectivity index (χ1) is 10.7. The number of ether oxygens (including phenoxy) is 1. The summed E-state index contributed by atoms with van der Waals surface area (Å²) in [5.74, 6) is -1.65. The van der Waals surface area contributed by atoms with Gasteiger partial charge >= 0.3 is 5.97 Å². The van der Waals surface area contributed by atoms with E-state index in [4.69, 9.17) is 9.15 Å². The molecule has 2 aromatic rings. The Bertz CT molecular complexity index is 747. The quantitative estimate of drug-likeness (QED) is 0.877. The second-order valence-electron chi connectivity index (χ2n) is 5.91. The van der Waals surface area contributed by atoms with Crippen LogP contribution in [0.4, 0.5) is 10.1 Å². The summed E-state index contributed by atoms with van der Waals surface area (Å²) in [6.45, 7) is 6.73. The Morgan fingerprint density at radius 2 is 2.00 bits per heavy atom. The third-order valence-corrected chi connectivity index (χ3v) is 2.81. The van der Waals surface area contributed by atoms with Gasteiger partial charge in [-0.3, -0.25) is 4.79 Å². The molecule has 2 rings (SSSR count). The molecule has 0 aliphatic carbocycles. The minimum Gasteiger partial charge on any atom is -0.456 e. The lowest BCUT2D eigenvalue weighted by atomic mass is 10.1. The Hall–Kier alpha value is -2.70. The van der Waals surface area contributed by atoms with Gasteiger partial charge in [-0.15, -0.1) is 0 Å². The number of amides is 1. The first-order valence-corrected chi connectivity index (χ1v) is 6.92. The van der Waals surface area contributed by atoms with Crippen molar-refractivity contribution < 1.29 is 23.1 Å². The number of benzene rings is 1. The fourth-order valence-electron chi connectivity index (χ4n) is 1.79. The van der Waals surface area contributed by atoms with E-state index in [1.807, 2.05) is 0 Å². The van der Waals surface area contributed by atoms with Gasteiger partial charge < -0.3 is 14.5 Å². The Kier molecular flexibility index (Phi) is 4.49. The molecule has 23 heavy (non-hydrogen) atoms. The van der Waals surface area contributed by atoms with Crippen LogP contribution < -0.4 is 5.32 Å². The van der Waals surface area contributed by atoms with Gasteiger partial charge in [0.05, 0.1) is 11.3 Å². The number of esters is 1. The third kappa shape index (κ3) is 4.15. The van der Waals surface area contributed by atoms with Crippen LogP contribution in [0.2, 0.25) is 0 Å². The van der Waals surface area contributed by atoms with Gasteiger partial charge in [-0.2, -0.15) is 0 Å². The lowest BCUT2D eigenvalue weighted by molar-refractivity contribution is 0.00690. The zero-order chi connectivity index (χ0) is 17.2. The van der Waals surface area contributed by atoms with Crippen LogP contribution in [0.3, 0.4) is 0 Å².